The number of carbonyl (C=O) groups excluding carboxylic acids is 2. The molecular formula is C24H27ClN4O4. The summed E-state index contributed by atoms with van der Waals surface area (Å²) in [4.78, 5) is 29.7. The van der Waals surface area contributed by atoms with Crippen LogP contribution in [-0.2, 0) is 9.53 Å². The molecule has 2 heterocycles. The number of amides is 2. The van der Waals surface area contributed by atoms with Crippen molar-refractivity contribution in [2.24, 2.45) is 0 Å². The van der Waals surface area contributed by atoms with Crippen LogP contribution in [0.15, 0.2) is 59.8 Å². The largest absolute Gasteiger partial charge is 0.495 e. The van der Waals surface area contributed by atoms with Crippen LogP contribution in [0.4, 0.5) is 10.5 Å². The summed E-state index contributed by atoms with van der Waals surface area (Å²) in [6.45, 7) is 3.52. The zero-order valence-corrected chi connectivity index (χ0v) is 19.4. The third-order valence-corrected chi connectivity index (χ3v) is 6.30. The van der Waals surface area contributed by atoms with Gasteiger partial charge in [-0.15, -0.1) is 0 Å². The van der Waals surface area contributed by atoms with Gasteiger partial charge in [0.1, 0.15) is 5.75 Å². The van der Waals surface area contributed by atoms with Crippen LogP contribution in [-0.4, -0.2) is 63.8 Å². The molecule has 1 saturated heterocycles. The highest BCUT2D eigenvalue weighted by atomic mass is 35.5. The Morgan fingerprint density at radius 1 is 1.06 bits per heavy atom. The van der Waals surface area contributed by atoms with Gasteiger partial charge in [-0.1, -0.05) is 41.9 Å². The van der Waals surface area contributed by atoms with Crippen molar-refractivity contribution in [1.82, 2.24) is 15.5 Å². The average molecular weight is 471 g/mol. The van der Waals surface area contributed by atoms with Crippen molar-refractivity contribution in [3.05, 3.63) is 70.4 Å². The van der Waals surface area contributed by atoms with Crippen LogP contribution in [0.3, 0.4) is 0 Å². The van der Waals surface area contributed by atoms with Crippen molar-refractivity contribution < 1.29 is 19.1 Å². The molecule has 0 spiro atoms. The zero-order valence-electron chi connectivity index (χ0n) is 18.6. The predicted octanol–water partition coefficient (Wildman–Crippen LogP) is 2.95. The van der Waals surface area contributed by atoms with E-state index >= 15 is 0 Å². The molecule has 0 saturated carbocycles. The molecule has 0 bridgehead atoms. The highest BCUT2D eigenvalue weighted by Gasteiger charge is 2.35. The van der Waals surface area contributed by atoms with E-state index in [4.69, 9.17) is 21.1 Å². The molecule has 2 aliphatic heterocycles. The average Bonchev–Trinajstić information content (AvgIpc) is 2.84. The van der Waals surface area contributed by atoms with Crippen molar-refractivity contribution in [2.45, 2.75) is 6.04 Å². The van der Waals surface area contributed by atoms with Gasteiger partial charge in [-0.2, -0.15) is 0 Å². The lowest BCUT2D eigenvalue weighted by atomic mass is 9.95. The number of benzene rings is 2. The number of methoxy groups -OCH3 is 2. The Balaban J connectivity index is 1.56. The molecule has 4 rings (SSSR count). The van der Waals surface area contributed by atoms with Gasteiger partial charge < -0.3 is 25.0 Å². The van der Waals surface area contributed by atoms with Crippen molar-refractivity contribution in [3.63, 3.8) is 0 Å². The second kappa shape index (κ2) is 10.1. The van der Waals surface area contributed by atoms with Gasteiger partial charge in [-0.25, -0.2) is 9.59 Å². The summed E-state index contributed by atoms with van der Waals surface area (Å²) < 4.78 is 10.6. The zero-order chi connectivity index (χ0) is 23.4. The first-order chi connectivity index (χ1) is 16.0. The molecule has 0 unspecified atom stereocenters. The molecule has 9 heteroatoms. The fourth-order valence-corrected chi connectivity index (χ4v) is 4.54. The number of piperazine rings is 1. The Labute approximate surface area is 198 Å². The van der Waals surface area contributed by atoms with Crippen LogP contribution in [0.25, 0.3) is 0 Å². The van der Waals surface area contributed by atoms with Gasteiger partial charge in [-0.05, 0) is 23.8 Å². The number of carbonyl (C=O) groups is 2. The minimum Gasteiger partial charge on any atom is -0.495 e. The molecule has 2 aromatic carbocycles. The number of ether oxygens (including phenoxy) is 2. The van der Waals surface area contributed by atoms with Gasteiger partial charge in [0.05, 0.1) is 31.5 Å². The number of hydrogen-bond donors (Lipinski definition) is 2. The SMILES string of the molecule is COC(=O)C1=C(CN2CCN(c3ccccc3OC)CC2)NC(=O)N[C@H]1c1ccccc1Cl. The second-order valence-electron chi connectivity index (χ2n) is 7.87. The van der Waals surface area contributed by atoms with Gasteiger partial charge in [0, 0.05) is 43.4 Å². The third-order valence-electron chi connectivity index (χ3n) is 5.96. The molecule has 0 radical (unpaired) electrons. The number of halogens is 1. The van der Waals surface area contributed by atoms with Gasteiger partial charge in [-0.3, -0.25) is 4.90 Å². The summed E-state index contributed by atoms with van der Waals surface area (Å²) in [5, 5.41) is 6.10. The van der Waals surface area contributed by atoms with Gasteiger partial charge in [0.25, 0.3) is 0 Å². The van der Waals surface area contributed by atoms with E-state index in [2.05, 4.69) is 20.4 Å². The van der Waals surface area contributed by atoms with E-state index in [1.807, 2.05) is 30.3 Å². The first-order valence-corrected chi connectivity index (χ1v) is 11.1. The van der Waals surface area contributed by atoms with Crippen molar-refractivity contribution in [3.8, 4) is 5.75 Å². The number of hydrogen-bond acceptors (Lipinski definition) is 6. The number of esters is 1. The monoisotopic (exact) mass is 470 g/mol. The summed E-state index contributed by atoms with van der Waals surface area (Å²) in [6.07, 6.45) is 0. The maximum atomic E-state index is 12.8. The number of nitrogens with one attached hydrogen (secondary N) is 2. The van der Waals surface area contributed by atoms with Crippen molar-refractivity contribution in [1.29, 1.82) is 0 Å². The highest BCUT2D eigenvalue weighted by molar-refractivity contribution is 6.31. The highest BCUT2D eigenvalue weighted by Crippen LogP contribution is 2.33. The molecule has 0 aromatic heterocycles. The van der Waals surface area contributed by atoms with Crippen molar-refractivity contribution in [2.75, 3.05) is 51.8 Å². The minimum atomic E-state index is -0.690. The molecule has 8 nitrogen and oxygen atoms in total. The topological polar surface area (TPSA) is 83.1 Å². The molecule has 1 fully saturated rings. The van der Waals surface area contributed by atoms with E-state index in [1.54, 1.807) is 25.3 Å². The van der Waals surface area contributed by atoms with Gasteiger partial charge >= 0.3 is 12.0 Å². The lowest BCUT2D eigenvalue weighted by molar-refractivity contribution is -0.136. The molecule has 2 aliphatic rings. The Morgan fingerprint density at radius 3 is 2.45 bits per heavy atom. The molecule has 2 amide bonds. The Bertz CT molecular complexity index is 1070. The molecule has 1 atom stereocenters. The fourth-order valence-electron chi connectivity index (χ4n) is 4.30. The van der Waals surface area contributed by atoms with Gasteiger partial charge in [0.15, 0.2) is 0 Å². The summed E-state index contributed by atoms with van der Waals surface area (Å²) in [6, 6.07) is 14.0. The lowest BCUT2D eigenvalue weighted by Crippen LogP contribution is -2.51. The number of para-hydroxylation sites is 2. The number of rotatable bonds is 6. The quantitative estimate of drug-likeness (QED) is 0.632. The molecule has 0 aliphatic carbocycles. The van der Waals surface area contributed by atoms with Crippen LogP contribution < -0.4 is 20.3 Å². The normalized spacial score (nSPS) is 19.1. The first-order valence-electron chi connectivity index (χ1n) is 10.8. The summed E-state index contributed by atoms with van der Waals surface area (Å²) in [5.41, 5.74) is 2.59. The van der Waals surface area contributed by atoms with E-state index in [0.29, 0.717) is 28.4 Å². The molecule has 2 aromatic rings. The number of urea groups is 1. The smallest absolute Gasteiger partial charge is 0.338 e. The van der Waals surface area contributed by atoms with E-state index in [0.717, 1.165) is 37.6 Å². The van der Waals surface area contributed by atoms with E-state index in [1.165, 1.54) is 7.11 Å². The fraction of sp³-hybridized carbons (Fsp3) is 0.333. The predicted molar refractivity (Wildman–Crippen MR) is 127 cm³/mol. The molecule has 174 valence electrons. The van der Waals surface area contributed by atoms with E-state index in [9.17, 15) is 9.59 Å². The third kappa shape index (κ3) is 4.91. The van der Waals surface area contributed by atoms with Gasteiger partial charge in [0.2, 0.25) is 0 Å². The first kappa shape index (κ1) is 22.9. The summed E-state index contributed by atoms with van der Waals surface area (Å²) >= 11 is 6.38. The second-order valence-corrected chi connectivity index (χ2v) is 8.28. The summed E-state index contributed by atoms with van der Waals surface area (Å²) in [5.74, 6) is 0.338. The van der Waals surface area contributed by atoms with Crippen LogP contribution in [0.1, 0.15) is 11.6 Å². The lowest BCUT2D eigenvalue weighted by Gasteiger charge is -2.38. The molecular weight excluding hydrogens is 444 g/mol. The maximum Gasteiger partial charge on any atom is 0.338 e. The minimum absolute atomic E-state index is 0.359. The van der Waals surface area contributed by atoms with Crippen LogP contribution in [0.5, 0.6) is 5.75 Å². The Hall–Kier alpha value is -3.23. The molecule has 2 N–H and O–H groups in total. The van der Waals surface area contributed by atoms with E-state index < -0.39 is 12.0 Å². The maximum absolute atomic E-state index is 12.8. The van der Waals surface area contributed by atoms with Crippen LogP contribution >= 0.6 is 11.6 Å². The Morgan fingerprint density at radius 2 is 1.76 bits per heavy atom. The number of nitrogens with zero attached hydrogens (tertiary/aromatic N) is 2. The molecule has 33 heavy (non-hydrogen) atoms. The Kier molecular flexibility index (Phi) is 7.05. The number of anilines is 1. The van der Waals surface area contributed by atoms with Crippen molar-refractivity contribution >= 4 is 29.3 Å². The standard InChI is InChI=1S/C24H27ClN4O4/c1-32-20-10-6-5-9-19(20)29-13-11-28(12-14-29)15-18-21(23(30)33-2)22(27-24(31)26-18)16-7-3-4-8-17(16)25/h3-10,22H,11-15H2,1-2H3,(H2,26,27,31)/t22-/m0/s1. The van der Waals surface area contributed by atoms with E-state index in [-0.39, 0.29) is 6.03 Å². The van der Waals surface area contributed by atoms with Crippen LogP contribution in [0, 0.1) is 0 Å². The summed E-state index contributed by atoms with van der Waals surface area (Å²) in [7, 11) is 3.00. The van der Waals surface area contributed by atoms with Crippen LogP contribution in [0.2, 0.25) is 5.02 Å².